The maximum atomic E-state index is 11.3. The van der Waals surface area contributed by atoms with E-state index >= 15 is 0 Å². The molecule has 4 fully saturated rings. The van der Waals surface area contributed by atoms with Gasteiger partial charge in [0.15, 0.2) is 0 Å². The van der Waals surface area contributed by atoms with Gasteiger partial charge >= 0.3 is 0 Å². The average molecular weight is 377 g/mol. The van der Waals surface area contributed by atoms with Gasteiger partial charge in [-0.1, -0.05) is 40.0 Å². The van der Waals surface area contributed by atoms with Crippen molar-refractivity contribution in [3.8, 4) is 0 Å². The van der Waals surface area contributed by atoms with Crippen LogP contribution in [0.15, 0.2) is 0 Å². The van der Waals surface area contributed by atoms with Crippen LogP contribution in [0.3, 0.4) is 0 Å². The van der Waals surface area contributed by atoms with Crippen molar-refractivity contribution in [2.45, 2.75) is 116 Å². The number of hydrogen-bond acceptors (Lipinski definition) is 2. The Hall–Kier alpha value is -0.0800. The summed E-state index contributed by atoms with van der Waals surface area (Å²) >= 11 is 0. The van der Waals surface area contributed by atoms with Crippen molar-refractivity contribution in [1.29, 1.82) is 0 Å². The van der Waals surface area contributed by atoms with Crippen molar-refractivity contribution in [2.75, 3.05) is 7.11 Å². The van der Waals surface area contributed by atoms with Crippen molar-refractivity contribution in [3.05, 3.63) is 0 Å². The van der Waals surface area contributed by atoms with E-state index in [4.69, 9.17) is 4.74 Å². The minimum atomic E-state index is -0.357. The summed E-state index contributed by atoms with van der Waals surface area (Å²) in [5, 5.41) is 11.3. The number of aliphatic hydroxyl groups is 1. The molecule has 4 aliphatic carbocycles. The van der Waals surface area contributed by atoms with E-state index in [9.17, 15) is 5.11 Å². The Morgan fingerprint density at radius 1 is 0.889 bits per heavy atom. The summed E-state index contributed by atoms with van der Waals surface area (Å²) in [5.74, 6) is 3.44. The third-order valence-electron chi connectivity index (χ3n) is 10.3. The first-order chi connectivity index (χ1) is 12.9. The molecule has 4 aliphatic rings. The van der Waals surface area contributed by atoms with Crippen LogP contribution in [0.4, 0.5) is 0 Å². The van der Waals surface area contributed by atoms with E-state index in [0.29, 0.717) is 16.9 Å². The van der Waals surface area contributed by atoms with Crippen LogP contribution in [0.1, 0.15) is 104 Å². The zero-order chi connectivity index (χ0) is 19.3. The second-order valence-electron chi connectivity index (χ2n) is 11.4. The Labute approximate surface area is 167 Å². The Morgan fingerprint density at radius 3 is 2.41 bits per heavy atom. The maximum absolute atomic E-state index is 11.3. The summed E-state index contributed by atoms with van der Waals surface area (Å²) in [4.78, 5) is 0. The lowest BCUT2D eigenvalue weighted by atomic mass is 9.44. The predicted molar refractivity (Wildman–Crippen MR) is 112 cm³/mol. The molecular weight excluding hydrogens is 332 g/mol. The molecule has 8 atom stereocenters. The lowest BCUT2D eigenvalue weighted by molar-refractivity contribution is -0.158. The van der Waals surface area contributed by atoms with E-state index in [-0.39, 0.29) is 5.60 Å². The maximum Gasteiger partial charge on any atom is 0.0650 e. The number of methoxy groups -OCH3 is 1. The Kier molecular flexibility index (Phi) is 5.47. The molecule has 0 unspecified atom stereocenters. The first-order valence-corrected chi connectivity index (χ1v) is 12.1. The molecule has 27 heavy (non-hydrogen) atoms. The van der Waals surface area contributed by atoms with Gasteiger partial charge in [-0.2, -0.15) is 0 Å². The Bertz CT molecular complexity index is 532. The molecule has 0 aromatic carbocycles. The number of fused-ring (bicyclic) bond motifs is 5. The van der Waals surface area contributed by atoms with E-state index in [1.165, 1.54) is 64.2 Å². The molecule has 0 amide bonds. The van der Waals surface area contributed by atoms with Gasteiger partial charge in [0.1, 0.15) is 0 Å². The van der Waals surface area contributed by atoms with E-state index in [1.807, 2.05) is 7.11 Å². The molecule has 4 saturated carbocycles. The van der Waals surface area contributed by atoms with Crippen LogP contribution in [0.2, 0.25) is 0 Å². The molecule has 1 N–H and O–H groups in total. The van der Waals surface area contributed by atoms with Gasteiger partial charge in [0, 0.05) is 7.11 Å². The molecule has 0 radical (unpaired) electrons. The lowest BCUT2D eigenvalue weighted by Crippen LogP contribution is -2.56. The van der Waals surface area contributed by atoms with Crippen LogP contribution in [0.25, 0.3) is 0 Å². The van der Waals surface area contributed by atoms with Crippen LogP contribution in [-0.4, -0.2) is 23.9 Å². The van der Waals surface area contributed by atoms with E-state index in [2.05, 4.69) is 20.8 Å². The van der Waals surface area contributed by atoms with Gasteiger partial charge in [-0.05, 0) is 98.7 Å². The summed E-state index contributed by atoms with van der Waals surface area (Å²) < 4.78 is 5.94. The summed E-state index contributed by atoms with van der Waals surface area (Å²) in [7, 11) is 1.93. The third kappa shape index (κ3) is 3.21. The fraction of sp³-hybridized carbons (Fsp3) is 1.00. The second-order valence-corrected chi connectivity index (χ2v) is 11.4. The van der Waals surface area contributed by atoms with Gasteiger partial charge < -0.3 is 9.84 Å². The Balaban J connectivity index is 1.48. The number of unbranched alkanes of at least 4 members (excludes halogenated alkanes) is 2. The van der Waals surface area contributed by atoms with Crippen LogP contribution >= 0.6 is 0 Å². The molecular formula is C25H44O2. The Morgan fingerprint density at radius 2 is 1.67 bits per heavy atom. The van der Waals surface area contributed by atoms with E-state index in [1.54, 1.807) is 0 Å². The largest absolute Gasteiger partial charge is 0.390 e. The highest BCUT2D eigenvalue weighted by Gasteiger charge is 2.61. The van der Waals surface area contributed by atoms with Crippen LogP contribution in [0, 0.1) is 34.5 Å². The predicted octanol–water partition coefficient (Wildman–Crippen LogP) is 6.36. The van der Waals surface area contributed by atoms with Crippen molar-refractivity contribution in [3.63, 3.8) is 0 Å². The summed E-state index contributed by atoms with van der Waals surface area (Å²) in [6, 6.07) is 0. The van der Waals surface area contributed by atoms with Gasteiger partial charge in [0.2, 0.25) is 0 Å². The lowest BCUT2D eigenvalue weighted by Gasteiger charge is -2.62. The van der Waals surface area contributed by atoms with Crippen LogP contribution in [0.5, 0.6) is 0 Å². The van der Waals surface area contributed by atoms with Gasteiger partial charge in [0.25, 0.3) is 0 Å². The molecule has 0 bridgehead atoms. The first-order valence-electron chi connectivity index (χ1n) is 12.1. The normalized spacial score (nSPS) is 52.1. The molecule has 0 aliphatic heterocycles. The molecule has 4 rings (SSSR count). The second kappa shape index (κ2) is 7.31. The quantitative estimate of drug-likeness (QED) is 0.566. The molecule has 156 valence electrons. The highest BCUT2D eigenvalue weighted by Crippen LogP contribution is 2.67. The van der Waals surface area contributed by atoms with Crippen molar-refractivity contribution < 1.29 is 9.84 Å². The van der Waals surface area contributed by atoms with Crippen LogP contribution < -0.4 is 0 Å². The van der Waals surface area contributed by atoms with Gasteiger partial charge in [-0.15, -0.1) is 0 Å². The molecule has 0 aromatic heterocycles. The highest BCUT2D eigenvalue weighted by molar-refractivity contribution is 5.10. The van der Waals surface area contributed by atoms with Gasteiger partial charge in [-0.3, -0.25) is 0 Å². The summed E-state index contributed by atoms with van der Waals surface area (Å²) in [5.41, 5.74) is 0.547. The smallest absolute Gasteiger partial charge is 0.0650 e. The first kappa shape index (κ1) is 20.2. The molecule has 2 nitrogen and oxygen atoms in total. The van der Waals surface area contributed by atoms with E-state index in [0.717, 1.165) is 42.9 Å². The molecule has 0 saturated heterocycles. The topological polar surface area (TPSA) is 29.5 Å². The molecule has 2 heteroatoms. The standard InChI is InChI=1S/C25H44O2/c1-5-6-7-13-25(26)16-15-23(2)18(17-25)8-9-19-20-10-11-22(27-4)24(20,3)14-12-21(19)23/h18-22,26H,5-17H2,1-4H3/t18-,19+,20+,21+,22+,23+,24+,25-/m1/s1. The third-order valence-corrected chi connectivity index (χ3v) is 10.3. The van der Waals surface area contributed by atoms with Crippen molar-refractivity contribution >= 4 is 0 Å². The van der Waals surface area contributed by atoms with Gasteiger partial charge in [-0.25, -0.2) is 0 Å². The fourth-order valence-electron chi connectivity index (χ4n) is 8.59. The number of hydrogen-bond donors (Lipinski definition) is 1. The minimum Gasteiger partial charge on any atom is -0.390 e. The monoisotopic (exact) mass is 376 g/mol. The number of ether oxygens (including phenoxy) is 1. The van der Waals surface area contributed by atoms with Crippen LogP contribution in [-0.2, 0) is 4.74 Å². The number of rotatable bonds is 5. The van der Waals surface area contributed by atoms with Gasteiger partial charge in [0.05, 0.1) is 11.7 Å². The summed E-state index contributed by atoms with van der Waals surface area (Å²) in [6.07, 6.45) is 16.9. The molecule has 0 spiro atoms. The average Bonchev–Trinajstić information content (AvgIpc) is 2.99. The van der Waals surface area contributed by atoms with Crippen molar-refractivity contribution in [1.82, 2.24) is 0 Å². The molecule has 0 heterocycles. The SMILES string of the molecule is CCCCC[C@@]1(O)CC[C@@]2(C)[C@H](CC[C@@H]3[C@@H]2CC[C@]2(C)[C@@H](OC)CC[C@@H]32)C1. The van der Waals surface area contributed by atoms with E-state index < -0.39 is 0 Å². The zero-order valence-electron chi connectivity index (χ0n) is 18.4. The van der Waals surface area contributed by atoms with Crippen molar-refractivity contribution in [2.24, 2.45) is 34.5 Å². The summed E-state index contributed by atoms with van der Waals surface area (Å²) in [6.45, 7) is 7.42. The minimum absolute atomic E-state index is 0.357. The zero-order valence-corrected chi connectivity index (χ0v) is 18.4. The fourth-order valence-corrected chi connectivity index (χ4v) is 8.59. The highest BCUT2D eigenvalue weighted by atomic mass is 16.5. The molecule has 0 aromatic rings.